The number of furan rings is 1. The van der Waals surface area contributed by atoms with E-state index in [0.29, 0.717) is 0 Å². The molecule has 0 saturated heterocycles. The second kappa shape index (κ2) is 6.63. The molecule has 3 nitrogen and oxygen atoms in total. The molecule has 1 aliphatic carbocycles. The molecular formula is C18H25NO2. The predicted molar refractivity (Wildman–Crippen MR) is 85.6 cm³/mol. The maximum absolute atomic E-state index is 6.05. The first-order valence-electron chi connectivity index (χ1n) is 8.11. The third-order valence-electron chi connectivity index (χ3n) is 4.22. The van der Waals surface area contributed by atoms with Crippen LogP contribution >= 0.6 is 0 Å². The van der Waals surface area contributed by atoms with Crippen molar-refractivity contribution in [3.8, 4) is 0 Å². The van der Waals surface area contributed by atoms with E-state index in [1.807, 2.05) is 12.1 Å². The van der Waals surface area contributed by atoms with E-state index in [0.717, 1.165) is 43.4 Å². The lowest BCUT2D eigenvalue weighted by atomic mass is 10.1. The van der Waals surface area contributed by atoms with Gasteiger partial charge in [-0.2, -0.15) is 0 Å². The number of hydrogen-bond donors (Lipinski definition) is 1. The summed E-state index contributed by atoms with van der Waals surface area (Å²) < 4.78 is 11.7. The molecule has 1 aromatic heterocycles. The highest BCUT2D eigenvalue weighted by Gasteiger charge is 2.21. The highest BCUT2D eigenvalue weighted by atomic mass is 16.5. The zero-order chi connectivity index (χ0) is 14.7. The lowest BCUT2D eigenvalue weighted by Crippen LogP contribution is -2.24. The van der Waals surface area contributed by atoms with Crippen LogP contribution in [0.4, 0.5) is 0 Å². The lowest BCUT2D eigenvalue weighted by Gasteiger charge is -2.13. The zero-order valence-electron chi connectivity index (χ0n) is 13.0. The van der Waals surface area contributed by atoms with Gasteiger partial charge in [-0.1, -0.05) is 25.1 Å². The summed E-state index contributed by atoms with van der Waals surface area (Å²) in [5, 5.41) is 4.75. The quantitative estimate of drug-likeness (QED) is 0.743. The van der Waals surface area contributed by atoms with E-state index in [4.69, 9.17) is 9.15 Å². The molecule has 1 aliphatic rings. The molecule has 0 aliphatic heterocycles. The molecule has 114 valence electrons. The van der Waals surface area contributed by atoms with Crippen LogP contribution in [-0.2, 0) is 11.2 Å². The Hall–Kier alpha value is -1.32. The first kappa shape index (κ1) is 14.6. The lowest BCUT2D eigenvalue weighted by molar-refractivity contribution is 0.124. The molecule has 1 heterocycles. The van der Waals surface area contributed by atoms with Crippen molar-refractivity contribution in [2.24, 2.45) is 5.92 Å². The van der Waals surface area contributed by atoms with Crippen molar-refractivity contribution in [1.29, 1.82) is 0 Å². The zero-order valence-corrected chi connectivity index (χ0v) is 13.0. The van der Waals surface area contributed by atoms with Crippen LogP contribution in [0.15, 0.2) is 28.7 Å². The van der Waals surface area contributed by atoms with Gasteiger partial charge in [-0.05, 0) is 38.2 Å². The molecule has 3 heteroatoms. The van der Waals surface area contributed by atoms with Gasteiger partial charge in [-0.15, -0.1) is 0 Å². The van der Waals surface area contributed by atoms with Gasteiger partial charge in [-0.25, -0.2) is 0 Å². The van der Waals surface area contributed by atoms with Crippen molar-refractivity contribution in [2.75, 3.05) is 19.8 Å². The van der Waals surface area contributed by atoms with Crippen molar-refractivity contribution in [2.45, 2.75) is 39.2 Å². The summed E-state index contributed by atoms with van der Waals surface area (Å²) in [4.78, 5) is 0. The summed E-state index contributed by atoms with van der Waals surface area (Å²) in [7, 11) is 0. The van der Waals surface area contributed by atoms with Crippen LogP contribution in [0.5, 0.6) is 0 Å². The van der Waals surface area contributed by atoms with Crippen LogP contribution in [0.1, 0.15) is 44.1 Å². The Morgan fingerprint density at radius 2 is 2.14 bits per heavy atom. The first-order valence-corrected chi connectivity index (χ1v) is 8.11. The average Bonchev–Trinajstić information content (AvgIpc) is 3.25. The topological polar surface area (TPSA) is 34.4 Å². The largest absolute Gasteiger partial charge is 0.459 e. The number of hydrogen-bond acceptors (Lipinski definition) is 3. The third kappa shape index (κ3) is 3.47. The normalized spacial score (nSPS) is 16.5. The highest BCUT2D eigenvalue weighted by molar-refractivity contribution is 5.82. The van der Waals surface area contributed by atoms with Crippen molar-refractivity contribution in [3.05, 3.63) is 35.6 Å². The molecule has 0 radical (unpaired) electrons. The molecule has 21 heavy (non-hydrogen) atoms. The number of benzene rings is 1. The van der Waals surface area contributed by atoms with Gasteiger partial charge in [0, 0.05) is 24.1 Å². The smallest absolute Gasteiger partial charge is 0.134 e. The molecular weight excluding hydrogens is 262 g/mol. The molecule has 1 unspecified atom stereocenters. The van der Waals surface area contributed by atoms with Gasteiger partial charge >= 0.3 is 0 Å². The van der Waals surface area contributed by atoms with Crippen molar-refractivity contribution < 1.29 is 9.15 Å². The Kier molecular flexibility index (Phi) is 4.61. The van der Waals surface area contributed by atoms with Gasteiger partial charge in [0.25, 0.3) is 0 Å². The van der Waals surface area contributed by atoms with Crippen molar-refractivity contribution in [3.63, 3.8) is 0 Å². The summed E-state index contributed by atoms with van der Waals surface area (Å²) in [6, 6.07) is 8.51. The fraction of sp³-hybridized carbons (Fsp3) is 0.556. The summed E-state index contributed by atoms with van der Waals surface area (Å²) in [6.07, 6.45) is 3.70. The molecule has 0 spiro atoms. The minimum Gasteiger partial charge on any atom is -0.459 e. The Morgan fingerprint density at radius 3 is 2.90 bits per heavy atom. The molecule has 0 bridgehead atoms. The highest BCUT2D eigenvalue weighted by Crippen LogP contribution is 2.30. The number of para-hydroxylation sites is 1. The van der Waals surface area contributed by atoms with Crippen LogP contribution < -0.4 is 5.32 Å². The number of fused-ring (bicyclic) bond motifs is 1. The Bertz CT molecular complexity index is 586. The summed E-state index contributed by atoms with van der Waals surface area (Å²) in [5.74, 6) is 1.91. The SMILES string of the molecule is CCc1c(C(C)NCCOCC2CC2)oc2ccccc12. The third-order valence-corrected chi connectivity index (χ3v) is 4.22. The molecule has 1 saturated carbocycles. The van der Waals surface area contributed by atoms with Gasteiger partial charge < -0.3 is 14.5 Å². The Balaban J connectivity index is 1.59. The average molecular weight is 287 g/mol. The number of rotatable bonds is 8. The molecule has 1 aromatic carbocycles. The second-order valence-electron chi connectivity index (χ2n) is 5.99. The van der Waals surface area contributed by atoms with E-state index in [1.54, 1.807) is 0 Å². The molecule has 3 rings (SSSR count). The number of aryl methyl sites for hydroxylation is 1. The summed E-state index contributed by atoms with van der Waals surface area (Å²) in [6.45, 7) is 6.93. The minimum atomic E-state index is 0.219. The molecule has 0 amide bonds. The van der Waals surface area contributed by atoms with E-state index >= 15 is 0 Å². The Morgan fingerprint density at radius 1 is 1.33 bits per heavy atom. The van der Waals surface area contributed by atoms with Gasteiger partial charge in [0.05, 0.1) is 12.6 Å². The van der Waals surface area contributed by atoms with E-state index in [2.05, 4.69) is 31.3 Å². The standard InChI is InChI=1S/C18H25NO2/c1-3-15-16-6-4-5-7-17(16)21-18(15)13(2)19-10-11-20-12-14-8-9-14/h4-7,13-14,19H,3,8-12H2,1-2H3. The van der Waals surface area contributed by atoms with Gasteiger partial charge in [0.2, 0.25) is 0 Å². The van der Waals surface area contributed by atoms with Crippen LogP contribution in [0.2, 0.25) is 0 Å². The van der Waals surface area contributed by atoms with E-state index in [1.165, 1.54) is 23.8 Å². The van der Waals surface area contributed by atoms with Gasteiger partial charge in [0.1, 0.15) is 11.3 Å². The molecule has 1 fully saturated rings. The molecule has 2 aromatic rings. The van der Waals surface area contributed by atoms with E-state index in [-0.39, 0.29) is 6.04 Å². The Labute approximate surface area is 126 Å². The van der Waals surface area contributed by atoms with Crippen LogP contribution in [0, 0.1) is 5.92 Å². The fourth-order valence-electron chi connectivity index (χ4n) is 2.81. The predicted octanol–water partition coefficient (Wildman–Crippen LogP) is 4.07. The van der Waals surface area contributed by atoms with Gasteiger partial charge in [-0.3, -0.25) is 0 Å². The maximum Gasteiger partial charge on any atom is 0.134 e. The number of nitrogens with one attached hydrogen (secondary N) is 1. The monoisotopic (exact) mass is 287 g/mol. The van der Waals surface area contributed by atoms with E-state index in [9.17, 15) is 0 Å². The first-order chi connectivity index (χ1) is 10.3. The fourth-order valence-corrected chi connectivity index (χ4v) is 2.81. The minimum absolute atomic E-state index is 0.219. The summed E-state index contributed by atoms with van der Waals surface area (Å²) in [5.41, 5.74) is 2.31. The van der Waals surface area contributed by atoms with E-state index < -0.39 is 0 Å². The second-order valence-corrected chi connectivity index (χ2v) is 5.99. The van der Waals surface area contributed by atoms with Crippen molar-refractivity contribution in [1.82, 2.24) is 5.32 Å². The van der Waals surface area contributed by atoms with Crippen LogP contribution in [0.25, 0.3) is 11.0 Å². The maximum atomic E-state index is 6.05. The number of ether oxygens (including phenoxy) is 1. The van der Waals surface area contributed by atoms with Crippen LogP contribution in [0.3, 0.4) is 0 Å². The molecule has 1 atom stereocenters. The van der Waals surface area contributed by atoms with Gasteiger partial charge in [0.15, 0.2) is 0 Å². The molecule has 1 N–H and O–H groups in total. The van der Waals surface area contributed by atoms with Crippen LogP contribution in [-0.4, -0.2) is 19.8 Å². The summed E-state index contributed by atoms with van der Waals surface area (Å²) >= 11 is 0. The van der Waals surface area contributed by atoms with Crippen molar-refractivity contribution >= 4 is 11.0 Å².